The molecular formula is C21H21Cl2N3O2. The summed E-state index contributed by atoms with van der Waals surface area (Å²) in [5, 5.41) is 8.19. The number of ether oxygens (including phenoxy) is 1. The third-order valence-corrected chi connectivity index (χ3v) is 5.37. The van der Waals surface area contributed by atoms with Gasteiger partial charge in [0.25, 0.3) is 5.91 Å². The van der Waals surface area contributed by atoms with Crippen LogP contribution in [-0.2, 0) is 20.2 Å². The van der Waals surface area contributed by atoms with Gasteiger partial charge in [0.2, 0.25) is 0 Å². The summed E-state index contributed by atoms with van der Waals surface area (Å²) in [6.07, 6.45) is 1.56. The minimum absolute atomic E-state index is 0.173. The van der Waals surface area contributed by atoms with Crippen LogP contribution in [0.4, 0.5) is 0 Å². The molecule has 0 aliphatic carbocycles. The monoisotopic (exact) mass is 417 g/mol. The van der Waals surface area contributed by atoms with Crippen LogP contribution in [0, 0.1) is 13.8 Å². The second kappa shape index (κ2) is 8.67. The predicted octanol–water partition coefficient (Wildman–Crippen LogP) is 4.85. The van der Waals surface area contributed by atoms with Crippen LogP contribution in [0.3, 0.4) is 0 Å². The molecule has 146 valence electrons. The first-order valence-electron chi connectivity index (χ1n) is 8.78. The SMILES string of the molecule is Cc1cc(OCc2ccc(C(=O)NCc3c(Cl)cnn3C)cc2)cc(C)c1Cl. The second-order valence-electron chi connectivity index (χ2n) is 6.60. The average molecular weight is 418 g/mol. The maximum absolute atomic E-state index is 12.3. The smallest absolute Gasteiger partial charge is 0.251 e. The Morgan fingerprint density at radius 1 is 1.14 bits per heavy atom. The molecule has 0 aliphatic rings. The zero-order chi connectivity index (χ0) is 20.3. The highest BCUT2D eigenvalue weighted by atomic mass is 35.5. The fraction of sp³-hybridized carbons (Fsp3) is 0.238. The molecule has 1 N–H and O–H groups in total. The third-order valence-electron chi connectivity index (χ3n) is 4.46. The number of carbonyl (C=O) groups excluding carboxylic acids is 1. The fourth-order valence-electron chi connectivity index (χ4n) is 2.81. The number of hydrogen-bond donors (Lipinski definition) is 1. The lowest BCUT2D eigenvalue weighted by Gasteiger charge is -2.11. The van der Waals surface area contributed by atoms with E-state index in [2.05, 4.69) is 10.4 Å². The Labute approximate surface area is 174 Å². The van der Waals surface area contributed by atoms with E-state index in [1.54, 1.807) is 30.1 Å². The standard InChI is InChI=1S/C21H21Cl2N3O2/c1-13-8-17(9-14(2)20(13)23)28-12-15-4-6-16(7-5-15)21(27)24-11-19-18(22)10-25-26(19)3/h4-10H,11-12H2,1-3H3,(H,24,27). The second-order valence-corrected chi connectivity index (χ2v) is 7.39. The number of amides is 1. The first-order chi connectivity index (χ1) is 13.3. The van der Waals surface area contributed by atoms with E-state index in [9.17, 15) is 4.79 Å². The van der Waals surface area contributed by atoms with Gasteiger partial charge in [-0.2, -0.15) is 5.10 Å². The fourth-order valence-corrected chi connectivity index (χ4v) is 3.15. The van der Waals surface area contributed by atoms with Crippen LogP contribution in [0.15, 0.2) is 42.6 Å². The van der Waals surface area contributed by atoms with Crippen LogP contribution >= 0.6 is 23.2 Å². The number of hydrogen-bond acceptors (Lipinski definition) is 3. The summed E-state index contributed by atoms with van der Waals surface area (Å²) < 4.78 is 7.49. The summed E-state index contributed by atoms with van der Waals surface area (Å²) >= 11 is 12.2. The van der Waals surface area contributed by atoms with Crippen LogP contribution in [0.2, 0.25) is 10.0 Å². The van der Waals surface area contributed by atoms with E-state index in [1.807, 2.05) is 38.1 Å². The maximum atomic E-state index is 12.3. The summed E-state index contributed by atoms with van der Waals surface area (Å²) in [5.74, 6) is 0.600. The minimum Gasteiger partial charge on any atom is -0.489 e. The van der Waals surface area contributed by atoms with Crippen molar-refractivity contribution in [1.29, 1.82) is 0 Å². The van der Waals surface area contributed by atoms with Crippen LogP contribution < -0.4 is 10.1 Å². The van der Waals surface area contributed by atoms with Crippen LogP contribution in [0.5, 0.6) is 5.75 Å². The molecule has 0 saturated heterocycles. The lowest BCUT2D eigenvalue weighted by molar-refractivity contribution is 0.0950. The zero-order valence-electron chi connectivity index (χ0n) is 15.9. The molecule has 0 bridgehead atoms. The topological polar surface area (TPSA) is 56.1 Å². The van der Waals surface area contributed by atoms with E-state index in [4.69, 9.17) is 27.9 Å². The van der Waals surface area contributed by atoms with Crippen molar-refractivity contribution in [1.82, 2.24) is 15.1 Å². The molecule has 28 heavy (non-hydrogen) atoms. The van der Waals surface area contributed by atoms with Gasteiger partial charge in [-0.3, -0.25) is 9.48 Å². The molecule has 5 nitrogen and oxygen atoms in total. The summed E-state index contributed by atoms with van der Waals surface area (Å²) in [6.45, 7) is 4.63. The minimum atomic E-state index is -0.173. The van der Waals surface area contributed by atoms with Crippen molar-refractivity contribution in [2.45, 2.75) is 27.0 Å². The molecule has 7 heteroatoms. The first-order valence-corrected chi connectivity index (χ1v) is 9.54. The molecule has 1 amide bonds. The van der Waals surface area contributed by atoms with Gasteiger partial charge in [0.15, 0.2) is 0 Å². The van der Waals surface area contributed by atoms with E-state index in [1.165, 1.54) is 0 Å². The molecule has 2 aromatic carbocycles. The van der Waals surface area contributed by atoms with E-state index < -0.39 is 0 Å². The van der Waals surface area contributed by atoms with Gasteiger partial charge in [-0.15, -0.1) is 0 Å². The highest BCUT2D eigenvalue weighted by Gasteiger charge is 2.10. The zero-order valence-corrected chi connectivity index (χ0v) is 17.4. The number of halogens is 2. The van der Waals surface area contributed by atoms with Crippen molar-refractivity contribution in [2.24, 2.45) is 7.05 Å². The molecule has 1 heterocycles. The largest absolute Gasteiger partial charge is 0.489 e. The maximum Gasteiger partial charge on any atom is 0.251 e. The Kier molecular flexibility index (Phi) is 6.27. The molecule has 0 radical (unpaired) electrons. The first kappa shape index (κ1) is 20.2. The molecule has 0 aliphatic heterocycles. The molecule has 0 spiro atoms. The van der Waals surface area contributed by atoms with Gasteiger partial charge in [0, 0.05) is 17.6 Å². The van der Waals surface area contributed by atoms with Crippen LogP contribution in [0.25, 0.3) is 0 Å². The van der Waals surface area contributed by atoms with Crippen molar-refractivity contribution < 1.29 is 9.53 Å². The van der Waals surface area contributed by atoms with E-state index in [0.29, 0.717) is 23.7 Å². The molecular weight excluding hydrogens is 397 g/mol. The number of carbonyl (C=O) groups is 1. The van der Waals surface area contributed by atoms with Gasteiger partial charge in [-0.05, 0) is 54.8 Å². The summed E-state index contributed by atoms with van der Waals surface area (Å²) in [6, 6.07) is 11.1. The Balaban J connectivity index is 1.58. The van der Waals surface area contributed by atoms with E-state index in [-0.39, 0.29) is 5.91 Å². The molecule has 0 unspecified atom stereocenters. The number of nitrogens with one attached hydrogen (secondary N) is 1. The Morgan fingerprint density at radius 2 is 1.79 bits per heavy atom. The Bertz CT molecular complexity index is 955. The van der Waals surface area contributed by atoms with E-state index >= 15 is 0 Å². The van der Waals surface area contributed by atoms with Crippen molar-refractivity contribution in [3.63, 3.8) is 0 Å². The quantitative estimate of drug-likeness (QED) is 0.623. The molecule has 0 saturated carbocycles. The van der Waals surface area contributed by atoms with Crippen molar-refractivity contribution in [2.75, 3.05) is 0 Å². The number of nitrogens with zero attached hydrogens (tertiary/aromatic N) is 2. The van der Waals surface area contributed by atoms with Gasteiger partial charge in [0.1, 0.15) is 12.4 Å². The highest BCUT2D eigenvalue weighted by molar-refractivity contribution is 6.32. The third kappa shape index (κ3) is 4.66. The Hall–Kier alpha value is -2.50. The van der Waals surface area contributed by atoms with Crippen molar-refractivity contribution in [3.8, 4) is 5.75 Å². The van der Waals surface area contributed by atoms with Crippen LogP contribution in [-0.4, -0.2) is 15.7 Å². The normalized spacial score (nSPS) is 10.8. The molecule has 0 atom stereocenters. The summed E-state index contributed by atoms with van der Waals surface area (Å²) in [5.41, 5.74) is 4.26. The van der Waals surface area contributed by atoms with Gasteiger partial charge < -0.3 is 10.1 Å². The average Bonchev–Trinajstić information content (AvgIpc) is 3.00. The van der Waals surface area contributed by atoms with Crippen LogP contribution in [0.1, 0.15) is 32.7 Å². The molecule has 0 fully saturated rings. The van der Waals surface area contributed by atoms with E-state index in [0.717, 1.165) is 33.2 Å². The lowest BCUT2D eigenvalue weighted by atomic mass is 10.1. The number of benzene rings is 2. The number of aryl methyl sites for hydroxylation is 3. The molecule has 3 rings (SSSR count). The van der Waals surface area contributed by atoms with Crippen molar-refractivity contribution >= 4 is 29.1 Å². The lowest BCUT2D eigenvalue weighted by Crippen LogP contribution is -2.24. The van der Waals surface area contributed by atoms with Gasteiger partial charge in [-0.25, -0.2) is 0 Å². The predicted molar refractivity (Wildman–Crippen MR) is 111 cm³/mol. The molecule has 1 aromatic heterocycles. The van der Waals surface area contributed by atoms with Gasteiger partial charge >= 0.3 is 0 Å². The number of aromatic nitrogens is 2. The molecule has 3 aromatic rings. The summed E-state index contributed by atoms with van der Waals surface area (Å²) in [7, 11) is 1.78. The van der Waals surface area contributed by atoms with Gasteiger partial charge in [-0.1, -0.05) is 35.3 Å². The summed E-state index contributed by atoms with van der Waals surface area (Å²) in [4.78, 5) is 12.3. The number of rotatable bonds is 6. The van der Waals surface area contributed by atoms with Gasteiger partial charge in [0.05, 0.1) is 23.5 Å². The van der Waals surface area contributed by atoms with Crippen molar-refractivity contribution in [3.05, 3.63) is 80.6 Å². The Morgan fingerprint density at radius 3 is 2.36 bits per heavy atom. The highest BCUT2D eigenvalue weighted by Crippen LogP contribution is 2.26.